The predicted octanol–water partition coefficient (Wildman–Crippen LogP) is 1.65. The Morgan fingerprint density at radius 2 is 2.07 bits per heavy atom. The molecule has 0 aliphatic carbocycles. The number of aryl methyl sites for hydroxylation is 1. The minimum atomic E-state index is 0. The number of anilines is 1. The molecule has 30 heavy (non-hydrogen) atoms. The van der Waals surface area contributed by atoms with Crippen molar-refractivity contribution in [1.82, 2.24) is 29.8 Å². The second kappa shape index (κ2) is 9.74. The number of hydrogen-bond acceptors (Lipinski definition) is 4. The van der Waals surface area contributed by atoms with E-state index in [0.717, 1.165) is 16.9 Å². The highest BCUT2D eigenvalue weighted by molar-refractivity contribution is 14.0. The second-order valence-corrected chi connectivity index (χ2v) is 6.86. The van der Waals surface area contributed by atoms with E-state index in [-0.39, 0.29) is 36.4 Å². The van der Waals surface area contributed by atoms with E-state index in [0.29, 0.717) is 25.6 Å². The Morgan fingerprint density at radius 3 is 2.73 bits per heavy atom. The van der Waals surface area contributed by atoms with Gasteiger partial charge in [-0.3, -0.25) is 14.5 Å². The molecule has 9 nitrogen and oxygen atoms in total. The SMILES string of the molecule is CN=C(NCc1cccc(-n2cccn2)c1)N1CCN(c2cnn(C)c2)C(=O)C1.I. The number of aromatic nitrogens is 4. The molecular weight excluding hydrogens is 495 g/mol. The summed E-state index contributed by atoms with van der Waals surface area (Å²) < 4.78 is 3.53. The van der Waals surface area contributed by atoms with Gasteiger partial charge in [-0.05, 0) is 23.8 Å². The molecule has 1 amide bonds. The van der Waals surface area contributed by atoms with E-state index in [9.17, 15) is 4.79 Å². The van der Waals surface area contributed by atoms with Gasteiger partial charge in [0.25, 0.3) is 0 Å². The lowest BCUT2D eigenvalue weighted by Crippen LogP contribution is -2.55. The minimum absolute atomic E-state index is 0. The molecule has 0 unspecified atom stereocenters. The maximum atomic E-state index is 12.6. The summed E-state index contributed by atoms with van der Waals surface area (Å²) in [6.07, 6.45) is 7.24. The van der Waals surface area contributed by atoms with Gasteiger partial charge in [0.2, 0.25) is 5.91 Å². The van der Waals surface area contributed by atoms with Crippen molar-refractivity contribution >= 4 is 41.5 Å². The molecule has 0 saturated carbocycles. The summed E-state index contributed by atoms with van der Waals surface area (Å²) in [6.45, 7) is 2.19. The van der Waals surface area contributed by atoms with E-state index in [1.165, 1.54) is 0 Å². The van der Waals surface area contributed by atoms with Gasteiger partial charge in [0.05, 0.1) is 17.6 Å². The Morgan fingerprint density at radius 1 is 1.20 bits per heavy atom. The van der Waals surface area contributed by atoms with Crippen molar-refractivity contribution < 1.29 is 4.79 Å². The quantitative estimate of drug-likeness (QED) is 0.322. The summed E-state index contributed by atoms with van der Waals surface area (Å²) in [6, 6.07) is 10.1. The molecular formula is C20H25IN8O. The molecule has 0 radical (unpaired) electrons. The van der Waals surface area contributed by atoms with Crippen LogP contribution < -0.4 is 10.2 Å². The monoisotopic (exact) mass is 520 g/mol. The third-order valence-corrected chi connectivity index (χ3v) is 4.87. The van der Waals surface area contributed by atoms with Crippen molar-refractivity contribution in [2.75, 3.05) is 31.6 Å². The van der Waals surface area contributed by atoms with Gasteiger partial charge >= 0.3 is 0 Å². The third kappa shape index (κ3) is 4.81. The van der Waals surface area contributed by atoms with Crippen LogP contribution in [0.5, 0.6) is 0 Å². The summed E-state index contributed by atoms with van der Waals surface area (Å²) >= 11 is 0. The van der Waals surface area contributed by atoms with E-state index in [1.807, 2.05) is 47.2 Å². The van der Waals surface area contributed by atoms with Gasteiger partial charge in [0.15, 0.2) is 5.96 Å². The third-order valence-electron chi connectivity index (χ3n) is 4.87. The van der Waals surface area contributed by atoms with Gasteiger partial charge in [-0.2, -0.15) is 10.2 Å². The summed E-state index contributed by atoms with van der Waals surface area (Å²) in [5.74, 6) is 0.751. The van der Waals surface area contributed by atoms with E-state index in [1.54, 1.807) is 29.0 Å². The number of nitrogens with zero attached hydrogens (tertiary/aromatic N) is 7. The smallest absolute Gasteiger partial charge is 0.246 e. The minimum Gasteiger partial charge on any atom is -0.352 e. The number of amides is 1. The molecule has 0 atom stereocenters. The van der Waals surface area contributed by atoms with Crippen molar-refractivity contribution in [3.63, 3.8) is 0 Å². The highest BCUT2D eigenvalue weighted by Gasteiger charge is 2.27. The maximum absolute atomic E-state index is 12.6. The Kier molecular flexibility index (Phi) is 7.08. The van der Waals surface area contributed by atoms with Crippen molar-refractivity contribution in [1.29, 1.82) is 0 Å². The fraction of sp³-hybridized carbons (Fsp3) is 0.300. The number of piperazine rings is 1. The molecule has 1 aliphatic rings. The molecule has 10 heteroatoms. The van der Waals surface area contributed by atoms with E-state index >= 15 is 0 Å². The van der Waals surface area contributed by atoms with Crippen molar-refractivity contribution in [2.45, 2.75) is 6.54 Å². The zero-order valence-corrected chi connectivity index (χ0v) is 19.3. The number of hydrogen-bond donors (Lipinski definition) is 1. The summed E-state index contributed by atoms with van der Waals surface area (Å²) in [5.41, 5.74) is 2.94. The lowest BCUT2D eigenvalue weighted by molar-refractivity contribution is -0.120. The van der Waals surface area contributed by atoms with Gasteiger partial charge in [0, 0.05) is 52.3 Å². The molecule has 2 aromatic heterocycles. The first-order chi connectivity index (χ1) is 14.1. The molecule has 3 heterocycles. The molecule has 3 aromatic rings. The van der Waals surface area contributed by atoms with Crippen LogP contribution in [0, 0.1) is 0 Å². The Labute approximate surface area is 192 Å². The zero-order valence-electron chi connectivity index (χ0n) is 17.0. The molecule has 0 spiro atoms. The fourth-order valence-corrected chi connectivity index (χ4v) is 3.42. The van der Waals surface area contributed by atoms with Gasteiger partial charge in [0.1, 0.15) is 6.54 Å². The average Bonchev–Trinajstić information content (AvgIpc) is 3.41. The van der Waals surface area contributed by atoms with Crippen molar-refractivity contribution in [2.24, 2.45) is 12.0 Å². The predicted molar refractivity (Wildman–Crippen MR) is 126 cm³/mol. The number of nitrogens with one attached hydrogen (secondary N) is 1. The topological polar surface area (TPSA) is 83.6 Å². The highest BCUT2D eigenvalue weighted by atomic mass is 127. The van der Waals surface area contributed by atoms with Gasteiger partial charge in [-0.1, -0.05) is 12.1 Å². The van der Waals surface area contributed by atoms with Gasteiger partial charge < -0.3 is 15.1 Å². The van der Waals surface area contributed by atoms with Crippen LogP contribution in [-0.2, 0) is 18.4 Å². The van der Waals surface area contributed by atoms with Crippen LogP contribution in [0.15, 0.2) is 60.1 Å². The average molecular weight is 520 g/mol. The lowest BCUT2D eigenvalue weighted by atomic mass is 10.2. The Balaban J connectivity index is 0.00000256. The number of guanidine groups is 1. The van der Waals surface area contributed by atoms with Crippen LogP contribution in [-0.4, -0.2) is 63.0 Å². The molecule has 1 saturated heterocycles. The molecule has 4 rings (SSSR count). The van der Waals surface area contributed by atoms with Crippen LogP contribution in [0.4, 0.5) is 5.69 Å². The first kappa shape index (κ1) is 21.8. The van der Waals surface area contributed by atoms with Crippen molar-refractivity contribution in [3.05, 3.63) is 60.7 Å². The number of rotatable bonds is 4. The van der Waals surface area contributed by atoms with Crippen LogP contribution in [0.1, 0.15) is 5.56 Å². The standard InChI is InChI=1S/C20H24N8O.HI/c1-21-20(22-12-16-5-3-6-17(11-16)28-8-4-7-23-28)26-9-10-27(19(29)15-26)18-13-24-25(2)14-18;/h3-8,11,13-14H,9-10,12,15H2,1-2H3,(H,21,22);1H. The molecule has 0 bridgehead atoms. The number of carbonyl (C=O) groups is 1. The highest BCUT2D eigenvalue weighted by Crippen LogP contribution is 2.16. The maximum Gasteiger partial charge on any atom is 0.246 e. The molecule has 1 N–H and O–H groups in total. The van der Waals surface area contributed by atoms with Crippen LogP contribution in [0.2, 0.25) is 0 Å². The van der Waals surface area contributed by atoms with Crippen LogP contribution >= 0.6 is 24.0 Å². The number of aliphatic imine (C=N–C) groups is 1. The summed E-state index contributed by atoms with van der Waals surface area (Å²) in [7, 11) is 3.58. The Hall–Kier alpha value is -2.89. The van der Waals surface area contributed by atoms with Gasteiger partial charge in [-0.25, -0.2) is 4.68 Å². The number of benzene rings is 1. The normalized spacial score (nSPS) is 14.6. The molecule has 1 fully saturated rings. The first-order valence-corrected chi connectivity index (χ1v) is 9.47. The molecule has 1 aliphatic heterocycles. The molecule has 1 aromatic carbocycles. The summed E-state index contributed by atoms with van der Waals surface area (Å²) in [5, 5.41) is 11.8. The first-order valence-electron chi connectivity index (χ1n) is 9.47. The lowest BCUT2D eigenvalue weighted by Gasteiger charge is -2.35. The van der Waals surface area contributed by atoms with Crippen LogP contribution in [0.25, 0.3) is 5.69 Å². The zero-order chi connectivity index (χ0) is 20.2. The van der Waals surface area contributed by atoms with E-state index < -0.39 is 0 Å². The van der Waals surface area contributed by atoms with E-state index in [4.69, 9.17) is 0 Å². The largest absolute Gasteiger partial charge is 0.352 e. The van der Waals surface area contributed by atoms with E-state index in [2.05, 4.69) is 32.6 Å². The second-order valence-electron chi connectivity index (χ2n) is 6.86. The van der Waals surface area contributed by atoms with Gasteiger partial charge in [-0.15, -0.1) is 24.0 Å². The number of halogens is 1. The van der Waals surface area contributed by atoms with Crippen LogP contribution in [0.3, 0.4) is 0 Å². The van der Waals surface area contributed by atoms with Crippen molar-refractivity contribution in [3.8, 4) is 5.69 Å². The Bertz CT molecular complexity index is 1010. The molecule has 158 valence electrons. The number of carbonyl (C=O) groups excluding carboxylic acids is 1. The summed E-state index contributed by atoms with van der Waals surface area (Å²) in [4.78, 5) is 20.7. The fourth-order valence-electron chi connectivity index (χ4n) is 3.42.